The van der Waals surface area contributed by atoms with Crippen LogP contribution in [0.25, 0.3) is 10.8 Å². The van der Waals surface area contributed by atoms with Gasteiger partial charge in [0.2, 0.25) is 0 Å². The van der Waals surface area contributed by atoms with E-state index in [9.17, 15) is 4.79 Å². The molecule has 1 fully saturated rings. The van der Waals surface area contributed by atoms with Gasteiger partial charge in [-0.25, -0.2) is 0 Å². The Bertz CT molecular complexity index is 963. The molecule has 1 N–H and O–H groups in total. The highest BCUT2D eigenvalue weighted by Crippen LogP contribution is 2.26. The zero-order chi connectivity index (χ0) is 18.6. The van der Waals surface area contributed by atoms with Crippen molar-refractivity contribution in [2.75, 3.05) is 6.61 Å². The third-order valence-electron chi connectivity index (χ3n) is 4.65. The topological polar surface area (TPSA) is 47.6 Å². The maximum atomic E-state index is 12.3. The van der Waals surface area contributed by atoms with E-state index in [1.54, 1.807) is 0 Å². The van der Waals surface area contributed by atoms with Gasteiger partial charge < -0.3 is 14.8 Å². The predicted molar refractivity (Wildman–Crippen MR) is 106 cm³/mol. The number of rotatable bonds is 7. The molecule has 0 unspecified atom stereocenters. The first-order chi connectivity index (χ1) is 13.2. The maximum absolute atomic E-state index is 12.3. The van der Waals surface area contributed by atoms with Crippen LogP contribution in [0.15, 0.2) is 60.7 Å². The van der Waals surface area contributed by atoms with Crippen molar-refractivity contribution >= 4 is 16.7 Å². The lowest BCUT2D eigenvalue weighted by Gasteiger charge is -2.14. The van der Waals surface area contributed by atoms with Crippen LogP contribution < -0.4 is 14.8 Å². The van der Waals surface area contributed by atoms with Crippen molar-refractivity contribution in [3.8, 4) is 11.5 Å². The number of carbonyl (C=O) groups excluding carboxylic acids is 1. The van der Waals surface area contributed by atoms with Crippen molar-refractivity contribution in [3.05, 3.63) is 71.8 Å². The molecule has 138 valence electrons. The zero-order valence-electron chi connectivity index (χ0n) is 15.4. The third kappa shape index (κ3) is 4.22. The molecule has 0 heterocycles. The second-order valence-corrected chi connectivity index (χ2v) is 6.80. The average molecular weight is 361 g/mol. The van der Waals surface area contributed by atoms with Crippen LogP contribution in [0.2, 0.25) is 0 Å². The van der Waals surface area contributed by atoms with Gasteiger partial charge in [0, 0.05) is 17.2 Å². The number of hydrogen-bond donors (Lipinski definition) is 1. The van der Waals surface area contributed by atoms with E-state index in [1.165, 1.54) is 5.39 Å². The number of ether oxygens (including phenoxy) is 2. The summed E-state index contributed by atoms with van der Waals surface area (Å²) < 4.78 is 11.7. The highest BCUT2D eigenvalue weighted by Gasteiger charge is 2.24. The Morgan fingerprint density at radius 3 is 2.59 bits per heavy atom. The monoisotopic (exact) mass is 361 g/mol. The fourth-order valence-corrected chi connectivity index (χ4v) is 3.04. The van der Waals surface area contributed by atoms with Crippen molar-refractivity contribution in [2.24, 2.45) is 0 Å². The normalized spacial score (nSPS) is 13.4. The van der Waals surface area contributed by atoms with Crippen LogP contribution in [0.5, 0.6) is 11.5 Å². The van der Waals surface area contributed by atoms with Crippen LogP contribution in [0.4, 0.5) is 0 Å². The Morgan fingerprint density at radius 2 is 1.81 bits per heavy atom. The van der Waals surface area contributed by atoms with E-state index >= 15 is 0 Å². The van der Waals surface area contributed by atoms with Gasteiger partial charge in [-0.1, -0.05) is 30.3 Å². The molecule has 1 saturated carbocycles. The van der Waals surface area contributed by atoms with Gasteiger partial charge in [0.25, 0.3) is 5.91 Å². The van der Waals surface area contributed by atoms with E-state index in [4.69, 9.17) is 9.47 Å². The summed E-state index contributed by atoms with van der Waals surface area (Å²) in [5.74, 6) is 1.51. The predicted octanol–water partition coefficient (Wildman–Crippen LogP) is 4.71. The number of benzene rings is 3. The molecule has 0 radical (unpaired) electrons. The second kappa shape index (κ2) is 7.70. The van der Waals surface area contributed by atoms with Crippen molar-refractivity contribution in [3.63, 3.8) is 0 Å². The lowest BCUT2D eigenvalue weighted by Crippen LogP contribution is -2.25. The minimum Gasteiger partial charge on any atom is -0.493 e. The van der Waals surface area contributed by atoms with Crippen molar-refractivity contribution < 1.29 is 14.3 Å². The van der Waals surface area contributed by atoms with Crippen LogP contribution in [-0.2, 0) is 6.61 Å². The molecule has 3 aromatic rings. The average Bonchev–Trinajstić information content (AvgIpc) is 3.51. The minimum atomic E-state index is -0.0347. The van der Waals surface area contributed by atoms with Gasteiger partial charge in [-0.3, -0.25) is 4.79 Å². The molecule has 0 bridgehead atoms. The number of carbonyl (C=O) groups is 1. The van der Waals surface area contributed by atoms with Crippen LogP contribution >= 0.6 is 0 Å². The fraction of sp³-hybridized carbons (Fsp3) is 0.261. The summed E-state index contributed by atoms with van der Waals surface area (Å²) in [5.41, 5.74) is 1.51. The third-order valence-corrected chi connectivity index (χ3v) is 4.65. The molecule has 1 amide bonds. The minimum absolute atomic E-state index is 0.0347. The molecule has 0 saturated heterocycles. The Labute approximate surface area is 159 Å². The Kier molecular flexibility index (Phi) is 4.97. The maximum Gasteiger partial charge on any atom is 0.251 e. The zero-order valence-corrected chi connectivity index (χ0v) is 15.4. The van der Waals surface area contributed by atoms with Gasteiger partial charge in [-0.05, 0) is 60.9 Å². The summed E-state index contributed by atoms with van der Waals surface area (Å²) in [6.07, 6.45) is 2.14. The van der Waals surface area contributed by atoms with Crippen molar-refractivity contribution in [1.82, 2.24) is 5.32 Å². The largest absolute Gasteiger partial charge is 0.493 e. The molecule has 0 atom stereocenters. The van der Waals surface area contributed by atoms with Gasteiger partial charge in [0.05, 0.1) is 6.61 Å². The first-order valence-electron chi connectivity index (χ1n) is 9.41. The van der Waals surface area contributed by atoms with Crippen LogP contribution in [0, 0.1) is 0 Å². The van der Waals surface area contributed by atoms with Gasteiger partial charge in [-0.15, -0.1) is 0 Å². The Hall–Kier alpha value is -3.01. The van der Waals surface area contributed by atoms with Crippen molar-refractivity contribution in [1.29, 1.82) is 0 Å². The van der Waals surface area contributed by atoms with E-state index < -0.39 is 0 Å². The first kappa shape index (κ1) is 17.4. The van der Waals surface area contributed by atoms with Crippen LogP contribution in [0.3, 0.4) is 0 Å². The van der Waals surface area contributed by atoms with E-state index in [2.05, 4.69) is 17.4 Å². The molecule has 0 aromatic heterocycles. The smallest absolute Gasteiger partial charge is 0.251 e. The Morgan fingerprint density at radius 1 is 1.00 bits per heavy atom. The summed E-state index contributed by atoms with van der Waals surface area (Å²) in [6, 6.07) is 20.1. The Balaban J connectivity index is 1.53. The molecule has 1 aliphatic carbocycles. The molecule has 4 nitrogen and oxygen atoms in total. The van der Waals surface area contributed by atoms with E-state index in [0.29, 0.717) is 24.8 Å². The fourth-order valence-electron chi connectivity index (χ4n) is 3.04. The SMILES string of the molecule is CCOc1ccc(C(=O)NC2CC2)cc1COc1ccc2ccccc2c1. The molecule has 4 rings (SSSR count). The number of amides is 1. The van der Waals surface area contributed by atoms with Gasteiger partial charge >= 0.3 is 0 Å². The molecule has 4 heteroatoms. The molecule has 27 heavy (non-hydrogen) atoms. The molecular formula is C23H23NO3. The van der Waals surface area contributed by atoms with E-state index in [-0.39, 0.29) is 5.91 Å². The highest BCUT2D eigenvalue weighted by atomic mass is 16.5. The number of fused-ring (bicyclic) bond motifs is 1. The van der Waals surface area contributed by atoms with Gasteiger partial charge in [0.1, 0.15) is 18.1 Å². The second-order valence-electron chi connectivity index (χ2n) is 6.80. The van der Waals surface area contributed by atoms with Crippen molar-refractivity contribution in [2.45, 2.75) is 32.4 Å². The molecule has 0 spiro atoms. The summed E-state index contributed by atoms with van der Waals surface area (Å²) >= 11 is 0. The van der Waals surface area contributed by atoms with Gasteiger partial charge in [-0.2, -0.15) is 0 Å². The van der Waals surface area contributed by atoms with Gasteiger partial charge in [0.15, 0.2) is 0 Å². The summed E-state index contributed by atoms with van der Waals surface area (Å²) in [4.78, 5) is 12.3. The summed E-state index contributed by atoms with van der Waals surface area (Å²) in [6.45, 7) is 2.86. The molecule has 3 aromatic carbocycles. The lowest BCUT2D eigenvalue weighted by atomic mass is 10.1. The number of hydrogen-bond acceptors (Lipinski definition) is 3. The lowest BCUT2D eigenvalue weighted by molar-refractivity contribution is 0.0951. The number of nitrogens with one attached hydrogen (secondary N) is 1. The highest BCUT2D eigenvalue weighted by molar-refractivity contribution is 5.95. The molecule has 0 aliphatic heterocycles. The van der Waals surface area contributed by atoms with Crippen LogP contribution in [0.1, 0.15) is 35.7 Å². The quantitative estimate of drug-likeness (QED) is 0.663. The summed E-state index contributed by atoms with van der Waals surface area (Å²) in [5, 5.41) is 5.34. The molecule has 1 aliphatic rings. The van der Waals surface area contributed by atoms with Crippen LogP contribution in [-0.4, -0.2) is 18.6 Å². The van der Waals surface area contributed by atoms with E-state index in [0.717, 1.165) is 35.3 Å². The first-order valence-corrected chi connectivity index (χ1v) is 9.41. The summed E-state index contributed by atoms with van der Waals surface area (Å²) in [7, 11) is 0. The standard InChI is InChI=1S/C23H23NO3/c1-2-26-22-12-8-18(23(25)24-20-9-10-20)13-19(22)15-27-21-11-7-16-5-3-4-6-17(16)14-21/h3-8,11-14,20H,2,9-10,15H2,1H3,(H,24,25). The van der Waals surface area contributed by atoms with E-state index in [1.807, 2.05) is 55.5 Å². The molecular weight excluding hydrogens is 338 g/mol.